The molecule has 2 rings (SSSR count). The summed E-state index contributed by atoms with van der Waals surface area (Å²) in [6.45, 7) is 0.592. The average molecular weight is 288 g/mol. The van der Waals surface area contributed by atoms with Crippen molar-refractivity contribution in [2.75, 3.05) is 24.7 Å². The average Bonchev–Trinajstić information content (AvgIpc) is 2.45. The van der Waals surface area contributed by atoms with Crippen molar-refractivity contribution in [1.82, 2.24) is 0 Å². The largest absolute Gasteiger partial charge is 0.493 e. The predicted molar refractivity (Wildman–Crippen MR) is 83.3 cm³/mol. The molecule has 0 aromatic heterocycles. The molecule has 2 aromatic rings. The molecule has 21 heavy (non-hydrogen) atoms. The van der Waals surface area contributed by atoms with Gasteiger partial charge in [-0.15, -0.1) is 0 Å². The Morgan fingerprint density at radius 2 is 1.48 bits per heavy atom. The van der Waals surface area contributed by atoms with E-state index in [-0.39, 0.29) is 6.61 Å². The number of benzene rings is 2. The first-order valence-corrected chi connectivity index (χ1v) is 6.78. The molecule has 0 bridgehead atoms. The smallest absolute Gasteiger partial charge is 0.121 e. The van der Waals surface area contributed by atoms with E-state index in [2.05, 4.69) is 0 Å². The van der Waals surface area contributed by atoms with Crippen LogP contribution in [0.5, 0.6) is 11.5 Å². The number of rotatable bonds is 7. The summed E-state index contributed by atoms with van der Waals surface area (Å²) in [5.74, 6) is 1.34. The zero-order valence-corrected chi connectivity index (χ0v) is 11.7. The number of nitrogen functional groups attached to an aromatic ring is 2. The van der Waals surface area contributed by atoms with E-state index in [1.807, 2.05) is 12.1 Å². The Balaban J connectivity index is 1.69. The van der Waals surface area contributed by atoms with Crippen LogP contribution in [-0.2, 0) is 0 Å². The molecule has 0 fully saturated rings. The van der Waals surface area contributed by atoms with Gasteiger partial charge in [0.15, 0.2) is 0 Å². The molecule has 0 spiro atoms. The monoisotopic (exact) mass is 288 g/mol. The standard InChI is InChI=1S/C16H20N2O3/c17-12-3-1-5-15(9-12)20-8-7-14(19)11-21-16-6-2-4-13(18)10-16/h1-6,9-10,14,19H,7-8,11,17-18H2. The van der Waals surface area contributed by atoms with E-state index in [0.717, 1.165) is 0 Å². The van der Waals surface area contributed by atoms with Gasteiger partial charge in [-0.3, -0.25) is 0 Å². The predicted octanol–water partition coefficient (Wildman–Crippen LogP) is 2.06. The summed E-state index contributed by atoms with van der Waals surface area (Å²) >= 11 is 0. The number of ether oxygens (including phenoxy) is 2. The highest BCUT2D eigenvalue weighted by Crippen LogP contribution is 2.16. The van der Waals surface area contributed by atoms with Gasteiger partial charge >= 0.3 is 0 Å². The molecule has 0 aliphatic heterocycles. The van der Waals surface area contributed by atoms with Gasteiger partial charge < -0.3 is 26.0 Å². The third-order valence-electron chi connectivity index (χ3n) is 2.88. The normalized spacial score (nSPS) is 11.9. The molecule has 0 saturated carbocycles. The highest BCUT2D eigenvalue weighted by atomic mass is 16.5. The van der Waals surface area contributed by atoms with Gasteiger partial charge in [-0.25, -0.2) is 0 Å². The van der Waals surface area contributed by atoms with Gasteiger partial charge in [0.1, 0.15) is 18.1 Å². The Hall–Kier alpha value is -2.40. The Morgan fingerprint density at radius 1 is 0.905 bits per heavy atom. The van der Waals surface area contributed by atoms with Crippen LogP contribution in [-0.4, -0.2) is 24.4 Å². The minimum absolute atomic E-state index is 0.198. The molecule has 1 atom stereocenters. The van der Waals surface area contributed by atoms with E-state index in [1.54, 1.807) is 36.4 Å². The van der Waals surface area contributed by atoms with Crippen LogP contribution in [0.25, 0.3) is 0 Å². The third kappa shape index (κ3) is 5.24. The molecule has 0 saturated heterocycles. The van der Waals surface area contributed by atoms with Gasteiger partial charge in [-0.1, -0.05) is 12.1 Å². The molecular formula is C16H20N2O3. The summed E-state index contributed by atoms with van der Waals surface area (Å²) < 4.78 is 11.0. The molecule has 5 nitrogen and oxygen atoms in total. The molecule has 5 heteroatoms. The van der Waals surface area contributed by atoms with Crippen molar-refractivity contribution in [2.24, 2.45) is 0 Å². The summed E-state index contributed by atoms with van der Waals surface area (Å²) in [6, 6.07) is 14.3. The molecule has 112 valence electrons. The lowest BCUT2D eigenvalue weighted by Crippen LogP contribution is -2.20. The van der Waals surface area contributed by atoms with Gasteiger partial charge in [0.05, 0.1) is 12.7 Å². The van der Waals surface area contributed by atoms with E-state index in [4.69, 9.17) is 20.9 Å². The molecular weight excluding hydrogens is 268 g/mol. The molecule has 0 aliphatic carbocycles. The van der Waals surface area contributed by atoms with Crippen LogP contribution in [0.15, 0.2) is 48.5 Å². The second-order valence-corrected chi connectivity index (χ2v) is 4.75. The summed E-state index contributed by atoms with van der Waals surface area (Å²) in [5, 5.41) is 9.85. The molecule has 1 unspecified atom stereocenters. The summed E-state index contributed by atoms with van der Waals surface area (Å²) in [6.07, 6.45) is -0.135. The van der Waals surface area contributed by atoms with Crippen LogP contribution >= 0.6 is 0 Å². The SMILES string of the molecule is Nc1cccc(OCCC(O)COc2cccc(N)c2)c1. The van der Waals surface area contributed by atoms with E-state index < -0.39 is 6.10 Å². The maximum absolute atomic E-state index is 9.85. The van der Waals surface area contributed by atoms with E-state index in [0.29, 0.717) is 35.9 Å². The quantitative estimate of drug-likeness (QED) is 0.678. The van der Waals surface area contributed by atoms with E-state index in [1.165, 1.54) is 0 Å². The lowest BCUT2D eigenvalue weighted by atomic mass is 10.2. The minimum Gasteiger partial charge on any atom is -0.493 e. The van der Waals surface area contributed by atoms with Gasteiger partial charge in [0.25, 0.3) is 0 Å². The fraction of sp³-hybridized carbons (Fsp3) is 0.250. The Bertz CT molecular complexity index is 575. The van der Waals surface area contributed by atoms with Crippen molar-refractivity contribution >= 4 is 11.4 Å². The first kappa shape index (κ1) is 15.0. The van der Waals surface area contributed by atoms with Crippen molar-refractivity contribution in [3.05, 3.63) is 48.5 Å². The maximum Gasteiger partial charge on any atom is 0.121 e. The molecule has 0 aliphatic rings. The lowest BCUT2D eigenvalue weighted by Gasteiger charge is -2.13. The van der Waals surface area contributed by atoms with Crippen LogP contribution in [0.4, 0.5) is 11.4 Å². The molecule has 5 N–H and O–H groups in total. The summed E-state index contributed by atoms with van der Waals surface area (Å²) in [7, 11) is 0. The Morgan fingerprint density at radius 3 is 2.05 bits per heavy atom. The third-order valence-corrected chi connectivity index (χ3v) is 2.88. The highest BCUT2D eigenvalue weighted by molar-refractivity contribution is 5.44. The van der Waals surface area contributed by atoms with Crippen molar-refractivity contribution < 1.29 is 14.6 Å². The summed E-state index contributed by atoms with van der Waals surface area (Å²) in [5.41, 5.74) is 12.6. The first-order valence-electron chi connectivity index (χ1n) is 6.78. The second kappa shape index (κ2) is 7.40. The van der Waals surface area contributed by atoms with Crippen LogP contribution < -0.4 is 20.9 Å². The number of anilines is 2. The van der Waals surface area contributed by atoms with Gasteiger partial charge in [-0.05, 0) is 24.3 Å². The zero-order valence-electron chi connectivity index (χ0n) is 11.7. The number of nitrogens with two attached hydrogens (primary N) is 2. The Labute approximate surface area is 124 Å². The molecule has 0 heterocycles. The summed E-state index contributed by atoms with van der Waals surface area (Å²) in [4.78, 5) is 0. The van der Waals surface area contributed by atoms with Crippen LogP contribution in [0.1, 0.15) is 6.42 Å². The van der Waals surface area contributed by atoms with Crippen LogP contribution in [0.2, 0.25) is 0 Å². The number of aliphatic hydroxyl groups excluding tert-OH is 1. The van der Waals surface area contributed by atoms with Gasteiger partial charge in [0.2, 0.25) is 0 Å². The Kier molecular flexibility index (Phi) is 5.29. The highest BCUT2D eigenvalue weighted by Gasteiger charge is 2.06. The first-order chi connectivity index (χ1) is 10.1. The van der Waals surface area contributed by atoms with Gasteiger partial charge in [0, 0.05) is 29.9 Å². The van der Waals surface area contributed by atoms with Crippen molar-refractivity contribution in [2.45, 2.75) is 12.5 Å². The van der Waals surface area contributed by atoms with Crippen LogP contribution in [0, 0.1) is 0 Å². The molecule has 2 aromatic carbocycles. The number of hydrogen-bond donors (Lipinski definition) is 3. The topological polar surface area (TPSA) is 90.7 Å². The van der Waals surface area contributed by atoms with Crippen LogP contribution in [0.3, 0.4) is 0 Å². The zero-order chi connectivity index (χ0) is 15.1. The van der Waals surface area contributed by atoms with Crippen molar-refractivity contribution in [1.29, 1.82) is 0 Å². The maximum atomic E-state index is 9.85. The van der Waals surface area contributed by atoms with E-state index in [9.17, 15) is 5.11 Å². The second-order valence-electron chi connectivity index (χ2n) is 4.75. The minimum atomic E-state index is -0.604. The van der Waals surface area contributed by atoms with E-state index >= 15 is 0 Å². The number of aliphatic hydroxyl groups is 1. The van der Waals surface area contributed by atoms with Gasteiger partial charge in [-0.2, -0.15) is 0 Å². The molecule has 0 amide bonds. The van der Waals surface area contributed by atoms with Crippen molar-refractivity contribution in [3.8, 4) is 11.5 Å². The lowest BCUT2D eigenvalue weighted by molar-refractivity contribution is 0.0858. The number of hydrogen-bond acceptors (Lipinski definition) is 5. The fourth-order valence-electron chi connectivity index (χ4n) is 1.80. The fourth-order valence-corrected chi connectivity index (χ4v) is 1.80. The van der Waals surface area contributed by atoms with Crippen molar-refractivity contribution in [3.63, 3.8) is 0 Å². The molecule has 0 radical (unpaired) electrons.